The maximum absolute atomic E-state index is 13.0. The van der Waals surface area contributed by atoms with Crippen LogP contribution in [0.15, 0.2) is 12.1 Å². The van der Waals surface area contributed by atoms with Gasteiger partial charge >= 0.3 is 0 Å². The zero-order valence-electron chi connectivity index (χ0n) is 15.7. The number of aryl methyl sites for hydroxylation is 1. The topological polar surface area (TPSA) is 57.7 Å². The van der Waals surface area contributed by atoms with Crippen LogP contribution in [0, 0.1) is 12.8 Å². The molecular formula is C20H26N2O3. The van der Waals surface area contributed by atoms with E-state index in [2.05, 4.69) is 19.9 Å². The molecule has 5 heteroatoms. The van der Waals surface area contributed by atoms with Crippen LogP contribution in [-0.2, 0) is 22.6 Å². The van der Waals surface area contributed by atoms with Crippen LogP contribution in [-0.4, -0.2) is 40.1 Å². The lowest BCUT2D eigenvalue weighted by Gasteiger charge is -2.42. The van der Waals surface area contributed by atoms with Crippen LogP contribution in [0.1, 0.15) is 60.7 Å². The van der Waals surface area contributed by atoms with Crippen molar-refractivity contribution >= 4 is 17.7 Å². The van der Waals surface area contributed by atoms with E-state index in [1.807, 2.05) is 13.0 Å². The molecule has 0 bridgehead atoms. The van der Waals surface area contributed by atoms with Crippen molar-refractivity contribution in [1.82, 2.24) is 9.80 Å². The Balaban J connectivity index is 1.95. The molecule has 2 aliphatic rings. The van der Waals surface area contributed by atoms with E-state index in [9.17, 15) is 14.4 Å². The Kier molecular flexibility index (Phi) is 4.21. The largest absolute Gasteiger partial charge is 0.320 e. The third-order valence-electron chi connectivity index (χ3n) is 5.55. The second kappa shape index (κ2) is 5.97. The maximum atomic E-state index is 13.0. The Morgan fingerprint density at radius 3 is 2.52 bits per heavy atom. The molecule has 1 saturated heterocycles. The highest BCUT2D eigenvalue weighted by Crippen LogP contribution is 2.37. The summed E-state index contributed by atoms with van der Waals surface area (Å²) in [5, 5.41) is 0. The molecule has 0 radical (unpaired) electrons. The van der Waals surface area contributed by atoms with Crippen molar-refractivity contribution in [2.45, 2.75) is 59.0 Å². The van der Waals surface area contributed by atoms with Crippen LogP contribution in [0.3, 0.4) is 0 Å². The Morgan fingerprint density at radius 1 is 1.20 bits per heavy atom. The molecule has 1 aromatic carbocycles. The second-order valence-electron chi connectivity index (χ2n) is 7.96. The van der Waals surface area contributed by atoms with E-state index in [-0.39, 0.29) is 24.1 Å². The van der Waals surface area contributed by atoms with Gasteiger partial charge in [0.2, 0.25) is 5.91 Å². The van der Waals surface area contributed by atoms with E-state index in [1.54, 1.807) is 11.8 Å². The van der Waals surface area contributed by atoms with E-state index in [1.165, 1.54) is 12.6 Å². The summed E-state index contributed by atoms with van der Waals surface area (Å²) in [4.78, 5) is 40.3. The fourth-order valence-corrected chi connectivity index (χ4v) is 3.93. The predicted molar refractivity (Wildman–Crippen MR) is 95.0 cm³/mol. The number of piperidine rings is 1. The van der Waals surface area contributed by atoms with E-state index in [0.29, 0.717) is 24.4 Å². The molecule has 5 nitrogen and oxygen atoms in total. The minimum Gasteiger partial charge on any atom is -0.320 e. The molecule has 0 spiro atoms. The predicted octanol–water partition coefficient (Wildman–Crippen LogP) is 2.69. The number of fused-ring (bicyclic) bond motifs is 1. The normalized spacial score (nSPS) is 23.7. The summed E-state index contributed by atoms with van der Waals surface area (Å²) < 4.78 is 0. The number of rotatable bonds is 3. The molecule has 1 aromatic rings. The summed E-state index contributed by atoms with van der Waals surface area (Å²) >= 11 is 0. The Labute approximate surface area is 149 Å². The van der Waals surface area contributed by atoms with Crippen molar-refractivity contribution in [1.29, 1.82) is 0 Å². The van der Waals surface area contributed by atoms with Crippen molar-refractivity contribution in [2.75, 3.05) is 7.05 Å². The third kappa shape index (κ3) is 2.75. The first kappa shape index (κ1) is 17.6. The zero-order chi connectivity index (χ0) is 18.5. The first-order valence-corrected chi connectivity index (χ1v) is 8.90. The summed E-state index contributed by atoms with van der Waals surface area (Å²) in [5.74, 6) is -0.0272. The summed E-state index contributed by atoms with van der Waals surface area (Å²) in [6.45, 7) is 8.61. The minimum absolute atomic E-state index is 0.104. The Hall–Kier alpha value is -2.17. The Morgan fingerprint density at radius 2 is 1.88 bits per heavy atom. The minimum atomic E-state index is -0.953. The first-order chi connectivity index (χ1) is 11.6. The third-order valence-corrected chi connectivity index (χ3v) is 5.55. The van der Waals surface area contributed by atoms with Gasteiger partial charge in [-0.05, 0) is 55.4 Å². The second-order valence-corrected chi connectivity index (χ2v) is 7.96. The lowest BCUT2D eigenvalue weighted by molar-refractivity contribution is -0.155. The quantitative estimate of drug-likeness (QED) is 0.794. The van der Waals surface area contributed by atoms with Crippen molar-refractivity contribution in [2.24, 2.45) is 5.92 Å². The molecule has 0 N–H and O–H groups in total. The number of likely N-dealkylation sites (N-methyl/N-ethyl adjacent to an activating group) is 1. The number of carbonyl (C=O) groups excluding carboxylic acids is 3. The lowest BCUT2D eigenvalue weighted by Crippen LogP contribution is -2.61. The molecule has 0 saturated carbocycles. The van der Waals surface area contributed by atoms with Gasteiger partial charge in [0, 0.05) is 25.6 Å². The van der Waals surface area contributed by atoms with Crippen molar-refractivity contribution in [3.05, 3.63) is 34.4 Å². The number of hydrogen-bond acceptors (Lipinski definition) is 3. The maximum Gasteiger partial charge on any atom is 0.255 e. The van der Waals surface area contributed by atoms with Gasteiger partial charge in [0.1, 0.15) is 5.54 Å². The molecular weight excluding hydrogens is 316 g/mol. The average molecular weight is 342 g/mol. The summed E-state index contributed by atoms with van der Waals surface area (Å²) in [6, 6.07) is 4.08. The molecule has 1 fully saturated rings. The first-order valence-electron chi connectivity index (χ1n) is 8.90. The summed E-state index contributed by atoms with van der Waals surface area (Å²) in [5.41, 5.74) is 3.11. The van der Waals surface area contributed by atoms with Gasteiger partial charge in [-0.3, -0.25) is 19.3 Å². The van der Waals surface area contributed by atoms with E-state index in [0.717, 1.165) is 22.4 Å². The van der Waals surface area contributed by atoms with Gasteiger partial charge in [0.25, 0.3) is 11.8 Å². The highest BCUT2D eigenvalue weighted by atomic mass is 16.2. The Bertz CT molecular complexity index is 768. The van der Waals surface area contributed by atoms with Crippen molar-refractivity contribution < 1.29 is 14.4 Å². The molecule has 3 rings (SSSR count). The smallest absolute Gasteiger partial charge is 0.255 e. The SMILES string of the molecule is Cc1cc2c(cc1CC(C)C)CN(C1(C)CCC(=O)N(C)C1=O)C2=O. The molecule has 1 atom stereocenters. The molecule has 1 unspecified atom stereocenters. The van der Waals surface area contributed by atoms with E-state index >= 15 is 0 Å². The monoisotopic (exact) mass is 342 g/mol. The number of carbonyl (C=O) groups is 3. The standard InChI is InChI=1S/C20H26N2O3/c1-12(2)8-14-10-15-11-22(18(24)16(15)9-13(14)3)20(4)7-6-17(23)21(5)19(20)25/h9-10,12H,6-8,11H2,1-5H3. The summed E-state index contributed by atoms with van der Waals surface area (Å²) in [7, 11) is 1.50. The summed E-state index contributed by atoms with van der Waals surface area (Å²) in [6.07, 6.45) is 1.64. The average Bonchev–Trinajstić information content (AvgIpc) is 2.86. The van der Waals surface area contributed by atoms with E-state index in [4.69, 9.17) is 0 Å². The van der Waals surface area contributed by atoms with Crippen LogP contribution >= 0.6 is 0 Å². The van der Waals surface area contributed by atoms with Crippen LogP contribution in [0.5, 0.6) is 0 Å². The molecule has 2 heterocycles. The number of benzene rings is 1. The molecule has 25 heavy (non-hydrogen) atoms. The number of hydrogen-bond donors (Lipinski definition) is 0. The van der Waals surface area contributed by atoms with E-state index < -0.39 is 5.54 Å². The van der Waals surface area contributed by atoms with Gasteiger partial charge < -0.3 is 4.90 Å². The van der Waals surface area contributed by atoms with Crippen LogP contribution in [0.4, 0.5) is 0 Å². The van der Waals surface area contributed by atoms with Gasteiger partial charge in [-0.2, -0.15) is 0 Å². The molecule has 2 aliphatic heterocycles. The highest BCUT2D eigenvalue weighted by Gasteiger charge is 2.50. The van der Waals surface area contributed by atoms with Crippen molar-refractivity contribution in [3.63, 3.8) is 0 Å². The molecule has 0 aromatic heterocycles. The number of nitrogens with zero attached hydrogens (tertiary/aromatic N) is 2. The van der Waals surface area contributed by atoms with Gasteiger partial charge in [-0.1, -0.05) is 19.9 Å². The highest BCUT2D eigenvalue weighted by molar-refractivity contribution is 6.07. The zero-order valence-corrected chi connectivity index (χ0v) is 15.7. The number of imide groups is 1. The van der Waals surface area contributed by atoms with Crippen molar-refractivity contribution in [3.8, 4) is 0 Å². The fourth-order valence-electron chi connectivity index (χ4n) is 3.93. The van der Waals surface area contributed by atoms with Crippen LogP contribution in [0.25, 0.3) is 0 Å². The van der Waals surface area contributed by atoms with Gasteiger partial charge in [0.15, 0.2) is 0 Å². The fraction of sp³-hybridized carbons (Fsp3) is 0.550. The molecule has 0 aliphatic carbocycles. The lowest BCUT2D eigenvalue weighted by atomic mass is 9.88. The number of likely N-dealkylation sites (tertiary alicyclic amines) is 1. The number of amides is 3. The van der Waals surface area contributed by atoms with Crippen LogP contribution < -0.4 is 0 Å². The molecule has 134 valence electrons. The van der Waals surface area contributed by atoms with Crippen LogP contribution in [0.2, 0.25) is 0 Å². The van der Waals surface area contributed by atoms with Gasteiger partial charge in [-0.25, -0.2) is 0 Å². The van der Waals surface area contributed by atoms with Gasteiger partial charge in [0.05, 0.1) is 0 Å². The van der Waals surface area contributed by atoms with Gasteiger partial charge in [-0.15, -0.1) is 0 Å². The molecule has 3 amide bonds.